The third-order valence-corrected chi connectivity index (χ3v) is 6.33. The third kappa shape index (κ3) is 4.76. The zero-order valence-corrected chi connectivity index (χ0v) is 18.8. The summed E-state index contributed by atoms with van der Waals surface area (Å²) in [5.41, 5.74) is 4.32. The van der Waals surface area contributed by atoms with Gasteiger partial charge in [0.05, 0.1) is 34.7 Å². The van der Waals surface area contributed by atoms with Crippen LogP contribution < -0.4 is 4.74 Å². The van der Waals surface area contributed by atoms with Gasteiger partial charge in [-0.05, 0) is 68.4 Å². The molecule has 0 radical (unpaired) electrons. The molecule has 5 rings (SSSR count). The first kappa shape index (κ1) is 22.0. The van der Waals surface area contributed by atoms with Crippen LogP contribution in [0.2, 0.25) is 0 Å². The van der Waals surface area contributed by atoms with Gasteiger partial charge in [0.15, 0.2) is 0 Å². The Balaban J connectivity index is 1.26. The number of hydrogen-bond donors (Lipinski definition) is 2. The second-order valence-electron chi connectivity index (χ2n) is 8.90. The van der Waals surface area contributed by atoms with Crippen molar-refractivity contribution < 1.29 is 19.0 Å². The van der Waals surface area contributed by atoms with Gasteiger partial charge >= 0.3 is 5.97 Å². The number of aromatic amines is 1. The normalized spacial score (nSPS) is 18.2. The maximum atomic E-state index is 15.0. The molecule has 1 saturated carbocycles. The van der Waals surface area contributed by atoms with Gasteiger partial charge in [-0.15, -0.1) is 0 Å². The predicted molar refractivity (Wildman–Crippen MR) is 126 cm³/mol. The number of benzene rings is 2. The van der Waals surface area contributed by atoms with Crippen LogP contribution in [0.25, 0.3) is 33.7 Å². The number of hydrogen-bond acceptors (Lipinski definition) is 5. The number of carbonyl (C=O) groups is 1. The molecule has 1 fully saturated rings. The topological polar surface area (TPSA) is 101 Å². The van der Waals surface area contributed by atoms with E-state index in [4.69, 9.17) is 9.84 Å². The number of halogens is 1. The number of nitrogens with one attached hydrogen (secondary N) is 1. The molecule has 0 aliphatic heterocycles. The van der Waals surface area contributed by atoms with Gasteiger partial charge in [0.25, 0.3) is 0 Å². The molecule has 2 N–H and O–H groups in total. The lowest BCUT2D eigenvalue weighted by Crippen LogP contribution is -2.25. The van der Waals surface area contributed by atoms with E-state index >= 15 is 0 Å². The molecule has 0 saturated heterocycles. The summed E-state index contributed by atoms with van der Waals surface area (Å²) >= 11 is 0. The summed E-state index contributed by atoms with van der Waals surface area (Å²) < 4.78 is 20.9. The first-order valence-electron chi connectivity index (χ1n) is 11.4. The van der Waals surface area contributed by atoms with E-state index in [1.165, 1.54) is 6.07 Å². The molecule has 1 aliphatic carbocycles. The SMILES string of the molecule is Cc1ccc2nc(-c3ccc(-c4cnc(O[C@H]5CC[C@@H](CC(=O)O)CC5)cn4)cc3F)[nH]c2c1. The smallest absolute Gasteiger partial charge is 0.303 e. The second-order valence-corrected chi connectivity index (χ2v) is 8.90. The van der Waals surface area contributed by atoms with E-state index in [2.05, 4.69) is 19.9 Å². The number of H-pyrrole nitrogens is 1. The van der Waals surface area contributed by atoms with E-state index in [1.807, 2.05) is 25.1 Å². The Morgan fingerprint density at radius 3 is 2.65 bits per heavy atom. The van der Waals surface area contributed by atoms with Gasteiger partial charge in [0, 0.05) is 12.0 Å². The van der Waals surface area contributed by atoms with E-state index < -0.39 is 11.8 Å². The van der Waals surface area contributed by atoms with Crippen LogP contribution in [0, 0.1) is 18.7 Å². The van der Waals surface area contributed by atoms with Crippen molar-refractivity contribution in [3.63, 3.8) is 0 Å². The van der Waals surface area contributed by atoms with Gasteiger partial charge in [-0.1, -0.05) is 12.1 Å². The van der Waals surface area contributed by atoms with Crippen molar-refractivity contribution in [3.05, 3.63) is 60.2 Å². The highest BCUT2D eigenvalue weighted by Gasteiger charge is 2.24. The summed E-state index contributed by atoms with van der Waals surface area (Å²) in [6.07, 6.45) is 6.61. The van der Waals surface area contributed by atoms with Crippen molar-refractivity contribution >= 4 is 17.0 Å². The molecule has 0 spiro atoms. The number of nitrogens with zero attached hydrogens (tertiary/aromatic N) is 3. The highest BCUT2D eigenvalue weighted by molar-refractivity contribution is 5.80. The molecule has 174 valence electrons. The highest BCUT2D eigenvalue weighted by atomic mass is 19.1. The Labute approximate surface area is 196 Å². The number of ether oxygens (including phenoxy) is 1. The fourth-order valence-electron chi connectivity index (χ4n) is 4.52. The number of aryl methyl sites for hydroxylation is 1. The maximum absolute atomic E-state index is 15.0. The number of fused-ring (bicyclic) bond motifs is 1. The van der Waals surface area contributed by atoms with Gasteiger partial charge in [-0.2, -0.15) is 0 Å². The van der Waals surface area contributed by atoms with Gasteiger partial charge in [-0.25, -0.2) is 19.3 Å². The molecule has 4 aromatic rings. The molecule has 8 heteroatoms. The predicted octanol–water partition coefficient (Wildman–Crippen LogP) is 5.55. The fraction of sp³-hybridized carbons (Fsp3) is 0.308. The van der Waals surface area contributed by atoms with Gasteiger partial charge in [0.1, 0.15) is 17.7 Å². The van der Waals surface area contributed by atoms with Crippen molar-refractivity contribution in [2.24, 2.45) is 5.92 Å². The fourth-order valence-corrected chi connectivity index (χ4v) is 4.52. The van der Waals surface area contributed by atoms with Crippen LogP contribution in [-0.4, -0.2) is 37.1 Å². The number of carboxylic acids is 1. The van der Waals surface area contributed by atoms with Crippen LogP contribution in [0.4, 0.5) is 4.39 Å². The van der Waals surface area contributed by atoms with Crippen LogP contribution >= 0.6 is 0 Å². The Morgan fingerprint density at radius 2 is 1.94 bits per heavy atom. The first-order chi connectivity index (χ1) is 16.4. The monoisotopic (exact) mass is 460 g/mol. The minimum Gasteiger partial charge on any atom is -0.481 e. The van der Waals surface area contributed by atoms with Crippen LogP contribution in [0.5, 0.6) is 5.88 Å². The van der Waals surface area contributed by atoms with Crippen LogP contribution in [0.1, 0.15) is 37.7 Å². The molecular formula is C26H25FN4O3. The molecule has 2 aromatic carbocycles. The summed E-state index contributed by atoms with van der Waals surface area (Å²) in [6, 6.07) is 10.8. The zero-order chi connectivity index (χ0) is 23.7. The van der Waals surface area contributed by atoms with Gasteiger partial charge in [-0.3, -0.25) is 4.79 Å². The lowest BCUT2D eigenvalue weighted by molar-refractivity contribution is -0.138. The van der Waals surface area contributed by atoms with E-state index in [1.54, 1.807) is 24.5 Å². The van der Waals surface area contributed by atoms with E-state index in [0.717, 1.165) is 42.3 Å². The Bertz CT molecular complexity index is 1330. The highest BCUT2D eigenvalue weighted by Crippen LogP contribution is 2.30. The Morgan fingerprint density at radius 1 is 1.12 bits per heavy atom. The number of aliphatic carboxylic acids is 1. The van der Waals surface area contributed by atoms with E-state index in [9.17, 15) is 9.18 Å². The largest absolute Gasteiger partial charge is 0.481 e. The standard InChI is InChI=1S/C26H25FN4O3/c1-15-2-9-21-22(10-15)31-26(30-21)19-8-5-17(12-20(19)27)23-13-29-24(14-28-23)34-18-6-3-16(4-7-18)11-25(32)33/h2,5,8-10,12-14,16,18H,3-4,6-7,11H2,1H3,(H,30,31)(H,32,33)/t16-,18+. The molecule has 7 nitrogen and oxygen atoms in total. The molecule has 0 atom stereocenters. The second kappa shape index (κ2) is 9.21. The first-order valence-corrected chi connectivity index (χ1v) is 11.4. The van der Waals surface area contributed by atoms with E-state index in [-0.39, 0.29) is 18.4 Å². The molecule has 0 unspecified atom stereocenters. The number of rotatable bonds is 6. The molecular weight excluding hydrogens is 435 g/mol. The lowest BCUT2D eigenvalue weighted by atomic mass is 9.85. The van der Waals surface area contributed by atoms with E-state index in [0.29, 0.717) is 28.5 Å². The summed E-state index contributed by atoms with van der Waals surface area (Å²) in [4.78, 5) is 27.3. The number of aromatic nitrogens is 4. The molecule has 34 heavy (non-hydrogen) atoms. The van der Waals surface area contributed by atoms with Crippen LogP contribution in [0.3, 0.4) is 0 Å². The van der Waals surface area contributed by atoms with Crippen molar-refractivity contribution in [1.82, 2.24) is 19.9 Å². The number of carboxylic acid groups (broad SMARTS) is 1. The lowest BCUT2D eigenvalue weighted by Gasteiger charge is -2.27. The quantitative estimate of drug-likeness (QED) is 0.391. The Kier molecular flexibility index (Phi) is 5.96. The Hall–Kier alpha value is -3.81. The number of imidazole rings is 1. The summed E-state index contributed by atoms with van der Waals surface area (Å²) in [7, 11) is 0. The third-order valence-electron chi connectivity index (χ3n) is 6.33. The van der Waals surface area contributed by atoms with Gasteiger partial charge in [0.2, 0.25) is 5.88 Å². The summed E-state index contributed by atoms with van der Waals surface area (Å²) in [5.74, 6) is -0.0264. The average molecular weight is 461 g/mol. The van der Waals surface area contributed by atoms with Crippen LogP contribution in [-0.2, 0) is 4.79 Å². The molecule has 1 aliphatic rings. The summed E-state index contributed by atoms with van der Waals surface area (Å²) in [5, 5.41) is 8.94. The van der Waals surface area contributed by atoms with Crippen molar-refractivity contribution in [2.75, 3.05) is 0 Å². The van der Waals surface area contributed by atoms with Crippen molar-refractivity contribution in [2.45, 2.75) is 45.1 Å². The van der Waals surface area contributed by atoms with Gasteiger partial charge < -0.3 is 14.8 Å². The molecule has 0 amide bonds. The molecule has 2 heterocycles. The van der Waals surface area contributed by atoms with Crippen LogP contribution in [0.15, 0.2) is 48.8 Å². The maximum Gasteiger partial charge on any atom is 0.303 e. The molecule has 2 aromatic heterocycles. The molecule has 0 bridgehead atoms. The van der Waals surface area contributed by atoms with Crippen molar-refractivity contribution in [3.8, 4) is 28.5 Å². The average Bonchev–Trinajstić information content (AvgIpc) is 3.23. The minimum atomic E-state index is -0.747. The zero-order valence-electron chi connectivity index (χ0n) is 18.8. The summed E-state index contributed by atoms with van der Waals surface area (Å²) in [6.45, 7) is 2.00. The van der Waals surface area contributed by atoms with Crippen molar-refractivity contribution in [1.29, 1.82) is 0 Å². The minimum absolute atomic E-state index is 0.00881.